The maximum absolute atomic E-state index is 5.80. The third kappa shape index (κ3) is 4.57. The number of aryl methyl sites for hydroxylation is 1. The summed E-state index contributed by atoms with van der Waals surface area (Å²) in [6.07, 6.45) is 3.17. The van der Waals surface area contributed by atoms with Crippen LogP contribution in [-0.4, -0.2) is 18.3 Å². The van der Waals surface area contributed by atoms with Crippen molar-refractivity contribution in [3.05, 3.63) is 76.0 Å². The Kier molecular flexibility index (Phi) is 6.06. The van der Waals surface area contributed by atoms with Crippen molar-refractivity contribution in [2.24, 2.45) is 9.98 Å². The average Bonchev–Trinajstić information content (AvgIpc) is 3.22. The molecule has 4 nitrogen and oxygen atoms in total. The van der Waals surface area contributed by atoms with E-state index in [2.05, 4.69) is 48.8 Å². The maximum atomic E-state index is 5.80. The summed E-state index contributed by atoms with van der Waals surface area (Å²) in [6, 6.07) is 18.5. The molecule has 0 bridgehead atoms. The van der Waals surface area contributed by atoms with Crippen LogP contribution in [0.4, 0.5) is 11.4 Å². The summed E-state index contributed by atoms with van der Waals surface area (Å²) in [5, 5.41) is 5.56. The molecular formula is C24H25N3OS. The molecule has 0 saturated heterocycles. The Labute approximate surface area is 176 Å². The van der Waals surface area contributed by atoms with Gasteiger partial charge < -0.3 is 10.1 Å². The highest BCUT2D eigenvalue weighted by atomic mass is 32.1. The largest absolute Gasteiger partial charge is 0.494 e. The van der Waals surface area contributed by atoms with Gasteiger partial charge in [0.05, 0.1) is 22.9 Å². The normalized spacial score (nSPS) is 13.0. The second-order valence-electron chi connectivity index (χ2n) is 6.93. The minimum absolute atomic E-state index is 0.730. The van der Waals surface area contributed by atoms with Gasteiger partial charge in [-0.15, -0.1) is 11.3 Å². The molecule has 0 spiro atoms. The molecule has 29 heavy (non-hydrogen) atoms. The van der Waals surface area contributed by atoms with E-state index in [9.17, 15) is 0 Å². The number of ether oxygens (including phenoxy) is 1. The molecule has 0 amide bonds. The Morgan fingerprint density at radius 2 is 1.86 bits per heavy atom. The molecule has 1 aliphatic rings. The second kappa shape index (κ2) is 9.05. The highest BCUT2D eigenvalue weighted by Gasteiger charge is 2.16. The number of aliphatic imine (C=N–C) groups is 2. The molecule has 0 atom stereocenters. The molecule has 3 aromatic rings. The fourth-order valence-corrected chi connectivity index (χ4v) is 3.75. The summed E-state index contributed by atoms with van der Waals surface area (Å²) < 4.78 is 5.80. The summed E-state index contributed by atoms with van der Waals surface area (Å²) in [4.78, 5) is 10.8. The number of nitrogens with one attached hydrogen (secondary N) is 1. The van der Waals surface area contributed by atoms with Crippen LogP contribution in [0.3, 0.4) is 0 Å². The van der Waals surface area contributed by atoms with Crippen molar-refractivity contribution in [3.8, 4) is 5.75 Å². The second-order valence-corrected chi connectivity index (χ2v) is 7.88. The molecule has 0 saturated carbocycles. The van der Waals surface area contributed by atoms with Gasteiger partial charge in [0, 0.05) is 5.56 Å². The van der Waals surface area contributed by atoms with Gasteiger partial charge in [0.25, 0.3) is 0 Å². The highest BCUT2D eigenvalue weighted by Crippen LogP contribution is 2.31. The van der Waals surface area contributed by atoms with Crippen molar-refractivity contribution in [1.29, 1.82) is 0 Å². The first-order chi connectivity index (χ1) is 14.3. The maximum Gasteiger partial charge on any atom is 0.172 e. The number of thiophene rings is 1. The number of anilines is 1. The van der Waals surface area contributed by atoms with Gasteiger partial charge in [-0.05, 0) is 66.2 Å². The van der Waals surface area contributed by atoms with Crippen molar-refractivity contribution < 1.29 is 4.74 Å². The predicted molar refractivity (Wildman–Crippen MR) is 123 cm³/mol. The molecular weight excluding hydrogens is 378 g/mol. The molecule has 148 valence electrons. The first-order valence-corrected chi connectivity index (χ1v) is 11.0. The lowest BCUT2D eigenvalue weighted by atomic mass is 10.1. The summed E-state index contributed by atoms with van der Waals surface area (Å²) in [6.45, 7) is 5.07. The van der Waals surface area contributed by atoms with Crippen molar-refractivity contribution in [1.82, 2.24) is 0 Å². The Bertz CT molecular complexity index is 1020. The van der Waals surface area contributed by atoms with E-state index in [0.29, 0.717) is 0 Å². The number of rotatable bonds is 7. The van der Waals surface area contributed by atoms with Crippen LogP contribution in [0.25, 0.3) is 0 Å². The molecule has 0 unspecified atom stereocenters. The summed E-state index contributed by atoms with van der Waals surface area (Å²) in [5.74, 6) is 2.41. The fourth-order valence-electron chi connectivity index (χ4n) is 3.10. The SMILES string of the molecule is CCCCOc1ccc(C2=NC(c3cccs3)=Nc3ccc(CC)cc3N2)cc1. The third-order valence-electron chi connectivity index (χ3n) is 4.80. The minimum atomic E-state index is 0.730. The Morgan fingerprint density at radius 3 is 2.59 bits per heavy atom. The Balaban J connectivity index is 1.69. The Hall–Kier alpha value is -2.92. The minimum Gasteiger partial charge on any atom is -0.494 e. The van der Waals surface area contributed by atoms with Gasteiger partial charge in [0.1, 0.15) is 11.6 Å². The number of hydrogen-bond acceptors (Lipinski definition) is 5. The van der Waals surface area contributed by atoms with Crippen molar-refractivity contribution in [2.75, 3.05) is 11.9 Å². The predicted octanol–water partition coefficient (Wildman–Crippen LogP) is 6.44. The van der Waals surface area contributed by atoms with Gasteiger partial charge in [-0.2, -0.15) is 0 Å². The zero-order chi connectivity index (χ0) is 20.1. The van der Waals surface area contributed by atoms with Crippen LogP contribution in [0.5, 0.6) is 5.75 Å². The molecule has 2 aromatic carbocycles. The number of nitrogens with zero attached hydrogens (tertiary/aromatic N) is 2. The van der Waals surface area contributed by atoms with Crippen LogP contribution in [-0.2, 0) is 6.42 Å². The fraction of sp³-hybridized carbons (Fsp3) is 0.250. The van der Waals surface area contributed by atoms with Crippen LogP contribution in [0.15, 0.2) is 70.0 Å². The number of hydrogen-bond donors (Lipinski definition) is 1. The summed E-state index contributed by atoms with van der Waals surface area (Å²) in [5.41, 5.74) is 4.17. The molecule has 5 heteroatoms. The van der Waals surface area contributed by atoms with Gasteiger partial charge >= 0.3 is 0 Å². The van der Waals surface area contributed by atoms with Gasteiger partial charge in [-0.3, -0.25) is 0 Å². The lowest BCUT2D eigenvalue weighted by Gasteiger charge is -2.12. The summed E-state index contributed by atoms with van der Waals surface area (Å²) in [7, 11) is 0. The van der Waals surface area contributed by atoms with Crippen molar-refractivity contribution in [2.45, 2.75) is 33.1 Å². The molecule has 2 heterocycles. The van der Waals surface area contributed by atoms with E-state index in [1.807, 2.05) is 30.3 Å². The number of fused-ring (bicyclic) bond motifs is 1. The standard InChI is InChI=1S/C24H25N3OS/c1-3-5-14-28-19-11-9-18(10-12-19)23-26-21-16-17(4-2)8-13-20(21)25-24(27-23)22-7-6-15-29-22/h6-13,15-16H,3-5,14H2,1-2H3,(H,25,26,27). The molecule has 0 fully saturated rings. The Morgan fingerprint density at radius 1 is 1.00 bits per heavy atom. The van der Waals surface area contributed by atoms with E-state index in [0.717, 1.165) is 65.1 Å². The van der Waals surface area contributed by atoms with Crippen molar-refractivity contribution >= 4 is 34.4 Å². The lowest BCUT2D eigenvalue weighted by molar-refractivity contribution is 0.309. The van der Waals surface area contributed by atoms with Crippen LogP contribution in [0.2, 0.25) is 0 Å². The van der Waals surface area contributed by atoms with Crippen LogP contribution in [0, 0.1) is 0 Å². The van der Waals surface area contributed by atoms with E-state index >= 15 is 0 Å². The quantitative estimate of drug-likeness (QED) is 0.461. The summed E-state index contributed by atoms with van der Waals surface area (Å²) >= 11 is 1.65. The smallest absolute Gasteiger partial charge is 0.172 e. The molecule has 4 rings (SSSR count). The first-order valence-electron chi connectivity index (χ1n) is 10.1. The third-order valence-corrected chi connectivity index (χ3v) is 5.67. The lowest BCUT2D eigenvalue weighted by Crippen LogP contribution is -2.15. The van der Waals surface area contributed by atoms with Gasteiger partial charge in [0.2, 0.25) is 0 Å². The zero-order valence-corrected chi connectivity index (χ0v) is 17.6. The molecule has 0 radical (unpaired) electrons. The topological polar surface area (TPSA) is 46.0 Å². The van der Waals surface area contributed by atoms with E-state index in [4.69, 9.17) is 14.7 Å². The van der Waals surface area contributed by atoms with E-state index in [1.54, 1.807) is 11.3 Å². The number of amidine groups is 2. The van der Waals surface area contributed by atoms with Crippen LogP contribution >= 0.6 is 11.3 Å². The van der Waals surface area contributed by atoms with Crippen LogP contribution in [0.1, 0.15) is 42.7 Å². The molecule has 1 aromatic heterocycles. The van der Waals surface area contributed by atoms with Gasteiger partial charge in [-0.25, -0.2) is 9.98 Å². The van der Waals surface area contributed by atoms with Crippen molar-refractivity contribution in [3.63, 3.8) is 0 Å². The zero-order valence-electron chi connectivity index (χ0n) is 16.8. The van der Waals surface area contributed by atoms with E-state index in [-0.39, 0.29) is 0 Å². The highest BCUT2D eigenvalue weighted by molar-refractivity contribution is 7.12. The number of unbranched alkanes of at least 4 members (excludes halogenated alkanes) is 1. The van der Waals surface area contributed by atoms with E-state index < -0.39 is 0 Å². The van der Waals surface area contributed by atoms with Gasteiger partial charge in [-0.1, -0.05) is 32.4 Å². The monoisotopic (exact) mass is 403 g/mol. The molecule has 1 aliphatic heterocycles. The van der Waals surface area contributed by atoms with Gasteiger partial charge in [0.15, 0.2) is 5.84 Å². The average molecular weight is 404 g/mol. The van der Waals surface area contributed by atoms with Crippen LogP contribution < -0.4 is 10.1 Å². The molecule has 0 aliphatic carbocycles. The number of benzene rings is 2. The van der Waals surface area contributed by atoms with E-state index in [1.165, 1.54) is 5.56 Å². The first kappa shape index (κ1) is 19.4. The molecule has 1 N–H and O–H groups in total.